The lowest BCUT2D eigenvalue weighted by Crippen LogP contribution is -2.32. The van der Waals surface area contributed by atoms with E-state index in [4.69, 9.17) is 4.74 Å². The van der Waals surface area contributed by atoms with Crippen LogP contribution in [0.15, 0.2) is 24.4 Å². The van der Waals surface area contributed by atoms with E-state index in [1.54, 1.807) is 20.8 Å². The molecule has 116 valence electrons. The van der Waals surface area contributed by atoms with Gasteiger partial charge in [0.25, 0.3) is 0 Å². The highest BCUT2D eigenvalue weighted by Gasteiger charge is 2.32. The molecular weight excluding hydrogens is 285 g/mol. The highest BCUT2D eigenvalue weighted by atomic mass is 19.4. The molecule has 0 unspecified atom stereocenters. The Bertz CT molecular complexity index is 520. The van der Waals surface area contributed by atoms with E-state index in [2.05, 4.69) is 10.3 Å². The number of nitrogens with one attached hydrogen (secondary N) is 1. The van der Waals surface area contributed by atoms with Crippen molar-refractivity contribution in [2.75, 3.05) is 6.54 Å². The number of hydrogen-bond donors (Lipinski definition) is 1. The molecule has 1 aromatic rings. The number of ether oxygens (including phenoxy) is 1. The molecule has 0 aliphatic heterocycles. The van der Waals surface area contributed by atoms with Crippen molar-refractivity contribution in [2.45, 2.75) is 32.5 Å². The Labute approximate surface area is 121 Å². The monoisotopic (exact) mass is 302 g/mol. The van der Waals surface area contributed by atoms with E-state index in [0.717, 1.165) is 12.3 Å². The number of pyridine rings is 1. The van der Waals surface area contributed by atoms with Gasteiger partial charge in [-0.2, -0.15) is 13.2 Å². The average molecular weight is 302 g/mol. The molecule has 0 spiro atoms. The fourth-order valence-electron chi connectivity index (χ4n) is 1.36. The summed E-state index contributed by atoms with van der Waals surface area (Å²) in [6.45, 7) is 5.35. The molecular formula is C14H17F3N2O2. The van der Waals surface area contributed by atoms with Crippen LogP contribution in [0.1, 0.15) is 32.0 Å². The van der Waals surface area contributed by atoms with Crippen LogP contribution in [0.25, 0.3) is 6.08 Å². The van der Waals surface area contributed by atoms with E-state index in [9.17, 15) is 18.0 Å². The zero-order chi connectivity index (χ0) is 16.1. The predicted octanol–water partition coefficient (Wildman–Crippen LogP) is 3.64. The predicted molar refractivity (Wildman–Crippen MR) is 72.5 cm³/mol. The summed E-state index contributed by atoms with van der Waals surface area (Å²) in [5, 5.41) is 2.47. The van der Waals surface area contributed by atoms with Crippen molar-refractivity contribution in [3.05, 3.63) is 35.7 Å². The summed E-state index contributed by atoms with van der Waals surface area (Å²) in [7, 11) is 0. The molecule has 1 aromatic heterocycles. The minimum atomic E-state index is -4.47. The zero-order valence-corrected chi connectivity index (χ0v) is 12.0. The van der Waals surface area contributed by atoms with Gasteiger partial charge in [0.05, 0.1) is 0 Å². The van der Waals surface area contributed by atoms with Crippen molar-refractivity contribution in [3.8, 4) is 0 Å². The lowest BCUT2D eigenvalue weighted by molar-refractivity contribution is -0.141. The Morgan fingerprint density at radius 2 is 2.05 bits per heavy atom. The van der Waals surface area contributed by atoms with Gasteiger partial charge in [-0.1, -0.05) is 12.2 Å². The third kappa shape index (κ3) is 6.78. The number of alkyl halides is 3. The number of carbonyl (C=O) groups excluding carboxylic acids is 1. The summed E-state index contributed by atoms with van der Waals surface area (Å²) in [4.78, 5) is 14.6. The lowest BCUT2D eigenvalue weighted by atomic mass is 10.2. The molecule has 1 rings (SSSR count). The number of amides is 1. The van der Waals surface area contributed by atoms with Crippen LogP contribution in [0, 0.1) is 0 Å². The van der Waals surface area contributed by atoms with E-state index in [1.807, 2.05) is 0 Å². The van der Waals surface area contributed by atoms with Crippen LogP contribution in [-0.4, -0.2) is 23.2 Å². The largest absolute Gasteiger partial charge is 0.444 e. The number of hydrogen-bond acceptors (Lipinski definition) is 3. The maximum atomic E-state index is 12.5. The smallest absolute Gasteiger partial charge is 0.433 e. The molecule has 0 saturated carbocycles. The quantitative estimate of drug-likeness (QED) is 0.927. The van der Waals surface area contributed by atoms with E-state index in [1.165, 1.54) is 18.2 Å². The Balaban J connectivity index is 2.53. The summed E-state index contributed by atoms with van der Waals surface area (Å²) in [5.41, 5.74) is -1.20. The summed E-state index contributed by atoms with van der Waals surface area (Å²) in [5.74, 6) is 0. The van der Waals surface area contributed by atoms with Gasteiger partial charge in [0.1, 0.15) is 11.3 Å². The normalized spacial score (nSPS) is 12.5. The Hall–Kier alpha value is -2.05. The van der Waals surface area contributed by atoms with Crippen LogP contribution >= 0.6 is 0 Å². The first-order chi connectivity index (χ1) is 9.58. The second kappa shape index (κ2) is 6.60. The van der Waals surface area contributed by atoms with Crippen molar-refractivity contribution < 1.29 is 22.7 Å². The topological polar surface area (TPSA) is 51.2 Å². The highest BCUT2D eigenvalue weighted by Crippen LogP contribution is 2.27. The molecule has 1 heterocycles. The molecule has 4 nitrogen and oxygen atoms in total. The van der Waals surface area contributed by atoms with Gasteiger partial charge in [-0.05, 0) is 38.5 Å². The van der Waals surface area contributed by atoms with E-state index in [-0.39, 0.29) is 6.54 Å². The maximum absolute atomic E-state index is 12.5. The van der Waals surface area contributed by atoms with Crippen molar-refractivity contribution in [1.82, 2.24) is 10.3 Å². The number of nitrogens with zero attached hydrogens (tertiary/aromatic N) is 1. The second-order valence-corrected chi connectivity index (χ2v) is 5.26. The van der Waals surface area contributed by atoms with E-state index < -0.39 is 23.6 Å². The molecule has 0 saturated heterocycles. The SMILES string of the molecule is CC(C)(C)OC(=O)NCC=Cc1ccnc(C(F)(F)F)c1. The summed E-state index contributed by atoms with van der Waals surface area (Å²) in [6.07, 6.45) is -0.978. The maximum Gasteiger partial charge on any atom is 0.433 e. The Morgan fingerprint density at radius 3 is 2.62 bits per heavy atom. The van der Waals surface area contributed by atoms with Gasteiger partial charge in [-0.25, -0.2) is 4.79 Å². The third-order valence-electron chi connectivity index (χ3n) is 2.15. The van der Waals surface area contributed by atoms with Crippen molar-refractivity contribution in [2.24, 2.45) is 0 Å². The molecule has 0 aromatic carbocycles. The molecule has 7 heteroatoms. The molecule has 0 radical (unpaired) electrons. The second-order valence-electron chi connectivity index (χ2n) is 5.26. The zero-order valence-electron chi connectivity index (χ0n) is 12.0. The van der Waals surface area contributed by atoms with Gasteiger partial charge < -0.3 is 10.1 Å². The van der Waals surface area contributed by atoms with Gasteiger partial charge in [-0.3, -0.25) is 4.98 Å². The van der Waals surface area contributed by atoms with Gasteiger partial charge in [0.2, 0.25) is 0 Å². The minimum absolute atomic E-state index is 0.151. The van der Waals surface area contributed by atoms with Crippen LogP contribution < -0.4 is 5.32 Å². The summed E-state index contributed by atoms with van der Waals surface area (Å²) in [6, 6.07) is 2.38. The molecule has 21 heavy (non-hydrogen) atoms. The van der Waals surface area contributed by atoms with Crippen molar-refractivity contribution in [3.63, 3.8) is 0 Å². The number of aromatic nitrogens is 1. The molecule has 0 aliphatic rings. The van der Waals surface area contributed by atoms with E-state index in [0.29, 0.717) is 5.56 Å². The first-order valence-corrected chi connectivity index (χ1v) is 6.24. The van der Waals surface area contributed by atoms with E-state index >= 15 is 0 Å². The molecule has 0 fully saturated rings. The summed E-state index contributed by atoms with van der Waals surface area (Å²) >= 11 is 0. The van der Waals surface area contributed by atoms with Gasteiger partial charge in [-0.15, -0.1) is 0 Å². The molecule has 0 bridgehead atoms. The van der Waals surface area contributed by atoms with Crippen LogP contribution in [0.5, 0.6) is 0 Å². The standard InChI is InChI=1S/C14H17F3N2O2/c1-13(2,3)21-12(20)19-7-4-5-10-6-8-18-11(9-10)14(15,16)17/h4-6,8-9H,7H2,1-3H3,(H,19,20). The van der Waals surface area contributed by atoms with Crippen molar-refractivity contribution >= 4 is 12.2 Å². The number of halogens is 3. The molecule has 0 aliphatic carbocycles. The lowest BCUT2D eigenvalue weighted by Gasteiger charge is -2.19. The Kier molecular flexibility index (Phi) is 5.34. The van der Waals surface area contributed by atoms with Crippen LogP contribution in [0.2, 0.25) is 0 Å². The van der Waals surface area contributed by atoms with Crippen molar-refractivity contribution in [1.29, 1.82) is 0 Å². The van der Waals surface area contributed by atoms with Gasteiger partial charge >= 0.3 is 12.3 Å². The third-order valence-corrected chi connectivity index (χ3v) is 2.15. The molecule has 1 N–H and O–H groups in total. The van der Waals surface area contributed by atoms with Crippen LogP contribution in [0.4, 0.5) is 18.0 Å². The molecule has 1 amide bonds. The van der Waals surface area contributed by atoms with Crippen LogP contribution in [0.3, 0.4) is 0 Å². The fourth-order valence-corrected chi connectivity index (χ4v) is 1.36. The first kappa shape index (κ1) is 17.0. The minimum Gasteiger partial charge on any atom is -0.444 e. The van der Waals surface area contributed by atoms with Gasteiger partial charge in [0.15, 0.2) is 0 Å². The number of alkyl carbamates (subject to hydrolysis) is 1. The Morgan fingerprint density at radius 1 is 1.38 bits per heavy atom. The number of carbonyl (C=O) groups is 1. The summed E-state index contributed by atoms with van der Waals surface area (Å²) < 4.78 is 42.4. The highest BCUT2D eigenvalue weighted by molar-refractivity contribution is 5.68. The number of rotatable bonds is 3. The van der Waals surface area contributed by atoms with Crippen LogP contribution in [-0.2, 0) is 10.9 Å². The van der Waals surface area contributed by atoms with Gasteiger partial charge in [0, 0.05) is 12.7 Å². The average Bonchev–Trinajstić information content (AvgIpc) is 2.32. The fraction of sp³-hybridized carbons (Fsp3) is 0.429. The first-order valence-electron chi connectivity index (χ1n) is 6.24. The molecule has 0 atom stereocenters.